The molecule has 0 aromatic heterocycles. The molecule has 0 radical (unpaired) electrons. The summed E-state index contributed by atoms with van der Waals surface area (Å²) in [5, 5.41) is 0. The Morgan fingerprint density at radius 1 is 1.17 bits per heavy atom. The van der Waals surface area contributed by atoms with Crippen LogP contribution in [0.2, 0.25) is 0 Å². The summed E-state index contributed by atoms with van der Waals surface area (Å²) in [6.45, 7) is 5.92. The highest BCUT2D eigenvalue weighted by atomic mass is 31.2. The van der Waals surface area contributed by atoms with Crippen molar-refractivity contribution in [2.45, 2.75) is 26.6 Å². The Hall–Kier alpha value is -0.790. The van der Waals surface area contributed by atoms with Crippen molar-refractivity contribution in [3.05, 3.63) is 29.3 Å². The van der Waals surface area contributed by atoms with Gasteiger partial charge in [0.2, 0.25) is 0 Å². The summed E-state index contributed by atoms with van der Waals surface area (Å²) in [6, 6.07) is 5.90. The van der Waals surface area contributed by atoms with E-state index in [2.05, 4.69) is 0 Å². The van der Waals surface area contributed by atoms with Crippen LogP contribution in [0.25, 0.3) is 0 Å². The summed E-state index contributed by atoms with van der Waals surface area (Å²) in [7, 11) is 0.920. The molecule has 0 aliphatic heterocycles. The van der Waals surface area contributed by atoms with Gasteiger partial charge in [-0.05, 0) is 30.2 Å². The van der Waals surface area contributed by atoms with Gasteiger partial charge in [0.15, 0.2) is 0 Å². The molecule has 1 aromatic carbocycles. The average Bonchev–Trinajstić information content (AvgIpc) is 2.38. The lowest BCUT2D eigenvalue weighted by molar-refractivity contribution is 0.164. The number of benzene rings is 1. The van der Waals surface area contributed by atoms with Crippen molar-refractivity contribution >= 4 is 7.14 Å². The molecule has 3 nitrogen and oxygen atoms in total. The maximum atomic E-state index is 12.8. The first-order chi connectivity index (χ1) is 8.50. The molecule has 0 saturated carbocycles. The first-order valence-electron chi connectivity index (χ1n) is 6.26. The molecule has 1 rings (SSSR count). The summed E-state index contributed by atoms with van der Waals surface area (Å²) in [5.41, 5.74) is 2.03. The summed E-state index contributed by atoms with van der Waals surface area (Å²) >= 11 is 0. The van der Waals surface area contributed by atoms with Gasteiger partial charge in [-0.3, -0.25) is 0 Å². The summed E-state index contributed by atoms with van der Waals surface area (Å²) in [6.07, 6.45) is 1.30. The van der Waals surface area contributed by atoms with Gasteiger partial charge in [0.25, 0.3) is 0 Å². The van der Waals surface area contributed by atoms with Crippen LogP contribution < -0.4 is 4.74 Å². The van der Waals surface area contributed by atoms with Gasteiger partial charge < -0.3 is 14.0 Å². The number of hydrogen-bond donors (Lipinski definition) is 0. The van der Waals surface area contributed by atoms with Crippen LogP contribution in [0.1, 0.15) is 30.8 Å². The summed E-state index contributed by atoms with van der Waals surface area (Å²) < 4.78 is 23.6. The number of ether oxygens (including phenoxy) is 2. The number of methoxy groups -OCH3 is 2. The molecule has 0 aliphatic rings. The fourth-order valence-corrected chi connectivity index (χ4v) is 4.38. The van der Waals surface area contributed by atoms with Crippen LogP contribution in [0.4, 0.5) is 0 Å². The van der Waals surface area contributed by atoms with E-state index in [0.717, 1.165) is 16.9 Å². The van der Waals surface area contributed by atoms with Crippen molar-refractivity contribution < 1.29 is 14.0 Å². The fourth-order valence-electron chi connectivity index (χ4n) is 2.19. The average molecular weight is 270 g/mol. The van der Waals surface area contributed by atoms with Crippen LogP contribution in [0.15, 0.2) is 18.2 Å². The molecule has 102 valence electrons. The van der Waals surface area contributed by atoms with Gasteiger partial charge in [-0.1, -0.05) is 19.9 Å². The second-order valence-electron chi connectivity index (χ2n) is 4.46. The van der Waals surface area contributed by atoms with Gasteiger partial charge in [-0.15, -0.1) is 0 Å². The lowest BCUT2D eigenvalue weighted by Crippen LogP contribution is -2.07. The Balaban J connectivity index is 3.24. The normalized spacial score (nSPS) is 13.4. The zero-order chi connectivity index (χ0) is 13.8. The minimum absolute atomic E-state index is 0.332. The summed E-state index contributed by atoms with van der Waals surface area (Å²) in [4.78, 5) is 0. The summed E-state index contributed by atoms with van der Waals surface area (Å²) in [5.74, 6) is 0.451. The molecular formula is C14H23O3P. The van der Waals surface area contributed by atoms with Crippen molar-refractivity contribution in [2.24, 2.45) is 0 Å². The van der Waals surface area contributed by atoms with Gasteiger partial charge in [-0.25, -0.2) is 0 Å². The van der Waals surface area contributed by atoms with E-state index in [0.29, 0.717) is 12.3 Å². The Morgan fingerprint density at radius 2 is 1.78 bits per heavy atom. The highest BCUT2D eigenvalue weighted by Crippen LogP contribution is 2.59. The third-order valence-corrected chi connectivity index (χ3v) is 6.82. The molecule has 1 atom stereocenters. The van der Waals surface area contributed by atoms with E-state index < -0.39 is 7.14 Å². The monoisotopic (exact) mass is 270 g/mol. The van der Waals surface area contributed by atoms with E-state index in [1.165, 1.54) is 0 Å². The maximum absolute atomic E-state index is 12.8. The Bertz CT molecular complexity index is 435. The van der Waals surface area contributed by atoms with Crippen LogP contribution >= 0.6 is 7.14 Å². The zero-order valence-electron chi connectivity index (χ0n) is 11.9. The molecule has 0 heterocycles. The molecule has 18 heavy (non-hydrogen) atoms. The topological polar surface area (TPSA) is 35.5 Å². The highest BCUT2D eigenvalue weighted by molar-refractivity contribution is 7.64. The fraction of sp³-hybridized carbons (Fsp3) is 0.571. The van der Waals surface area contributed by atoms with Gasteiger partial charge in [0.1, 0.15) is 18.7 Å². The molecule has 4 heteroatoms. The molecular weight excluding hydrogens is 247 g/mol. The quantitative estimate of drug-likeness (QED) is 0.731. The Labute approximate surface area is 110 Å². The van der Waals surface area contributed by atoms with Crippen LogP contribution in [0, 0.1) is 6.92 Å². The second-order valence-corrected chi connectivity index (χ2v) is 8.10. The van der Waals surface area contributed by atoms with E-state index >= 15 is 0 Å². The number of aryl methyl sites for hydroxylation is 1. The lowest BCUT2D eigenvalue weighted by atomic mass is 10.1. The maximum Gasteiger partial charge on any atom is 0.135 e. The molecule has 0 spiro atoms. The molecule has 0 aliphatic carbocycles. The Morgan fingerprint density at radius 3 is 2.22 bits per heavy atom. The molecule has 0 fully saturated rings. The van der Waals surface area contributed by atoms with E-state index in [4.69, 9.17) is 9.47 Å². The first-order valence-corrected chi connectivity index (χ1v) is 8.41. The van der Waals surface area contributed by atoms with Crippen molar-refractivity contribution in [2.75, 3.05) is 26.5 Å². The van der Waals surface area contributed by atoms with Crippen LogP contribution in [-0.2, 0) is 9.30 Å². The molecule has 0 N–H and O–H groups in total. The minimum atomic E-state index is -2.34. The lowest BCUT2D eigenvalue weighted by Gasteiger charge is -2.25. The van der Waals surface area contributed by atoms with Gasteiger partial charge in [-0.2, -0.15) is 0 Å². The predicted molar refractivity (Wildman–Crippen MR) is 76.2 cm³/mol. The van der Waals surface area contributed by atoms with E-state index in [1.807, 2.05) is 39.0 Å². The van der Waals surface area contributed by atoms with Gasteiger partial charge >= 0.3 is 0 Å². The second kappa shape index (κ2) is 6.40. The standard InChI is InChI=1S/C14H23O3P/c1-6-18(15,7-2)14(17-5)12-8-11(3)9-13(10-12)16-4/h8-10,14H,6-7H2,1-5H3. The van der Waals surface area contributed by atoms with Crippen LogP contribution in [-0.4, -0.2) is 26.5 Å². The third-order valence-electron chi connectivity index (χ3n) is 3.32. The third kappa shape index (κ3) is 3.15. The van der Waals surface area contributed by atoms with Crippen molar-refractivity contribution in [1.82, 2.24) is 0 Å². The Kier molecular flexibility index (Phi) is 5.43. The van der Waals surface area contributed by atoms with E-state index in [9.17, 15) is 4.57 Å². The van der Waals surface area contributed by atoms with Crippen LogP contribution in [0.3, 0.4) is 0 Å². The van der Waals surface area contributed by atoms with Gasteiger partial charge in [0.05, 0.1) is 7.11 Å². The number of rotatable bonds is 6. The smallest absolute Gasteiger partial charge is 0.135 e. The van der Waals surface area contributed by atoms with Crippen LogP contribution in [0.5, 0.6) is 5.75 Å². The molecule has 1 unspecified atom stereocenters. The first kappa shape index (κ1) is 15.3. The van der Waals surface area contributed by atoms with Crippen molar-refractivity contribution in [3.63, 3.8) is 0 Å². The molecule has 0 saturated heterocycles. The number of hydrogen-bond acceptors (Lipinski definition) is 3. The highest BCUT2D eigenvalue weighted by Gasteiger charge is 2.31. The largest absolute Gasteiger partial charge is 0.497 e. The van der Waals surface area contributed by atoms with Crippen molar-refractivity contribution in [3.8, 4) is 5.75 Å². The zero-order valence-corrected chi connectivity index (χ0v) is 12.8. The SMILES string of the molecule is CCP(=O)(CC)C(OC)c1cc(C)cc(OC)c1. The van der Waals surface area contributed by atoms with Crippen molar-refractivity contribution in [1.29, 1.82) is 0 Å². The van der Waals surface area contributed by atoms with Gasteiger partial charge in [0, 0.05) is 19.4 Å². The molecule has 0 amide bonds. The molecule has 1 aromatic rings. The minimum Gasteiger partial charge on any atom is -0.497 e. The van der Waals surface area contributed by atoms with E-state index in [1.54, 1.807) is 14.2 Å². The van der Waals surface area contributed by atoms with E-state index in [-0.39, 0.29) is 5.85 Å². The predicted octanol–water partition coefficient (Wildman–Crippen LogP) is 4.05. The molecule has 0 bridgehead atoms.